The molecule has 17 rings (SSSR count). The molecule has 0 bridgehead atoms. The summed E-state index contributed by atoms with van der Waals surface area (Å²) in [6, 6.07) is 71.3. The second-order valence-electron chi connectivity index (χ2n) is 20.8. The SMILES string of the molecule is CC1=CN2c3ccc4cc5ccccc5cc4c3CC2N1C.CN1c2ccccc2N2c3cc4cc5ccccc5cc4cc3CC12.CN1c2ccccc2N2c3ccc4cc5ccccc5cc4c3CC12. The molecule has 0 radical (unpaired) electrons. The molecule has 0 saturated carbocycles. The van der Waals surface area contributed by atoms with Crippen molar-refractivity contribution in [1.82, 2.24) is 4.90 Å². The van der Waals surface area contributed by atoms with Crippen molar-refractivity contribution in [1.29, 1.82) is 0 Å². The topological polar surface area (TPSA) is 19.4 Å². The lowest BCUT2D eigenvalue weighted by Crippen LogP contribution is -2.35. The summed E-state index contributed by atoms with van der Waals surface area (Å²) >= 11 is 0. The van der Waals surface area contributed by atoms with Gasteiger partial charge in [0.15, 0.2) is 0 Å². The Hall–Kier alpha value is -8.48. The normalized spacial score (nSPS) is 18.4. The summed E-state index contributed by atoms with van der Waals surface area (Å²) in [4.78, 5) is 14.7. The average Bonchev–Trinajstić information content (AvgIpc) is 4.26. The van der Waals surface area contributed by atoms with Gasteiger partial charge in [-0.3, -0.25) is 0 Å². The Bertz CT molecular complexity index is 4060. The molecule has 0 fully saturated rings. The van der Waals surface area contributed by atoms with Gasteiger partial charge in [0, 0.05) is 69.4 Å². The zero-order valence-corrected chi connectivity index (χ0v) is 41.1. The molecule has 0 amide bonds. The molecule has 348 valence electrons. The van der Waals surface area contributed by atoms with Crippen LogP contribution < -0.4 is 24.5 Å². The molecule has 0 N–H and O–H groups in total. The molecule has 72 heavy (non-hydrogen) atoms. The number of rotatable bonds is 0. The van der Waals surface area contributed by atoms with Crippen LogP contribution in [0.2, 0.25) is 0 Å². The smallest absolute Gasteiger partial charge is 0.110 e. The van der Waals surface area contributed by atoms with Gasteiger partial charge in [-0.05, 0) is 173 Å². The van der Waals surface area contributed by atoms with E-state index in [1.807, 2.05) is 0 Å². The summed E-state index contributed by atoms with van der Waals surface area (Å²) in [6.45, 7) is 2.19. The minimum atomic E-state index is 0.393. The lowest BCUT2D eigenvalue weighted by atomic mass is 9.97. The van der Waals surface area contributed by atoms with Crippen LogP contribution in [0.4, 0.5) is 39.8 Å². The van der Waals surface area contributed by atoms with E-state index in [9.17, 15) is 0 Å². The van der Waals surface area contributed by atoms with Crippen LogP contribution in [-0.2, 0) is 19.3 Å². The minimum Gasteiger partial charge on any atom is -0.356 e. The molecule has 0 aromatic heterocycles. The van der Waals surface area contributed by atoms with Crippen LogP contribution in [-0.4, -0.2) is 44.5 Å². The quantitative estimate of drug-likeness (QED) is 0.140. The third-order valence-corrected chi connectivity index (χ3v) is 17.0. The highest BCUT2D eigenvalue weighted by molar-refractivity contribution is 6.05. The Morgan fingerprint density at radius 3 is 1.29 bits per heavy atom. The summed E-state index contributed by atoms with van der Waals surface area (Å²) in [6.07, 6.45) is 6.76. The molecule has 6 aliphatic heterocycles. The number of benzene rings is 11. The Morgan fingerprint density at radius 1 is 0.319 bits per heavy atom. The van der Waals surface area contributed by atoms with E-state index >= 15 is 0 Å². The van der Waals surface area contributed by atoms with Crippen LogP contribution in [0.5, 0.6) is 0 Å². The molecular weight excluding hydrogens is 877 g/mol. The molecule has 0 saturated heterocycles. The lowest BCUT2D eigenvalue weighted by Gasteiger charge is -2.24. The van der Waals surface area contributed by atoms with E-state index in [4.69, 9.17) is 0 Å². The number of hydrogen-bond acceptors (Lipinski definition) is 6. The third-order valence-electron chi connectivity index (χ3n) is 17.0. The van der Waals surface area contributed by atoms with Gasteiger partial charge in [0.2, 0.25) is 0 Å². The van der Waals surface area contributed by atoms with Gasteiger partial charge in [0.25, 0.3) is 0 Å². The lowest BCUT2D eigenvalue weighted by molar-refractivity contribution is 0.344. The Balaban J connectivity index is 0.0000000966. The van der Waals surface area contributed by atoms with Gasteiger partial charge >= 0.3 is 0 Å². The van der Waals surface area contributed by atoms with Crippen LogP contribution in [0.3, 0.4) is 0 Å². The fourth-order valence-electron chi connectivity index (χ4n) is 13.2. The van der Waals surface area contributed by atoms with Crippen LogP contribution >= 0.6 is 0 Å². The predicted octanol–water partition coefficient (Wildman–Crippen LogP) is 15.4. The van der Waals surface area contributed by atoms with Crippen LogP contribution in [0, 0.1) is 0 Å². The van der Waals surface area contributed by atoms with Gasteiger partial charge < -0.3 is 29.4 Å². The van der Waals surface area contributed by atoms with Gasteiger partial charge in [-0.2, -0.15) is 0 Å². The highest BCUT2D eigenvalue weighted by Crippen LogP contribution is 2.52. The number of likely N-dealkylation sites (N-methyl/N-ethyl adjacent to an activating group) is 3. The second-order valence-corrected chi connectivity index (χ2v) is 20.8. The van der Waals surface area contributed by atoms with Crippen molar-refractivity contribution in [2.45, 2.75) is 44.7 Å². The van der Waals surface area contributed by atoms with E-state index in [1.165, 1.54) is 127 Å². The second kappa shape index (κ2) is 15.5. The monoisotopic (exact) mass is 930 g/mol. The molecule has 6 aliphatic rings. The molecule has 11 aromatic rings. The molecule has 3 atom stereocenters. The zero-order valence-electron chi connectivity index (χ0n) is 41.1. The van der Waals surface area contributed by atoms with E-state index in [2.05, 4.69) is 258 Å². The van der Waals surface area contributed by atoms with Gasteiger partial charge in [-0.25, -0.2) is 0 Å². The number of nitrogens with zero attached hydrogens (tertiary/aromatic N) is 6. The van der Waals surface area contributed by atoms with Crippen molar-refractivity contribution in [3.63, 3.8) is 0 Å². The molecular formula is C66H54N6. The largest absolute Gasteiger partial charge is 0.356 e. The number of anilines is 7. The Kier molecular flexibility index (Phi) is 8.90. The van der Waals surface area contributed by atoms with Gasteiger partial charge in [-0.1, -0.05) is 109 Å². The number of fused-ring (bicyclic) bond motifs is 21. The van der Waals surface area contributed by atoms with Crippen molar-refractivity contribution >= 4 is 104 Å². The zero-order chi connectivity index (χ0) is 47.9. The minimum absolute atomic E-state index is 0.393. The van der Waals surface area contributed by atoms with Crippen LogP contribution in [0.25, 0.3) is 64.6 Å². The van der Waals surface area contributed by atoms with E-state index < -0.39 is 0 Å². The number of allylic oxidation sites excluding steroid dienone is 1. The molecule has 11 aromatic carbocycles. The van der Waals surface area contributed by atoms with Crippen molar-refractivity contribution in [3.05, 3.63) is 223 Å². The van der Waals surface area contributed by atoms with E-state index in [-0.39, 0.29) is 0 Å². The van der Waals surface area contributed by atoms with Gasteiger partial charge in [0.05, 0.1) is 22.7 Å². The van der Waals surface area contributed by atoms with E-state index in [0.717, 1.165) is 19.3 Å². The first-order valence-electron chi connectivity index (χ1n) is 25.6. The molecule has 6 heterocycles. The Morgan fingerprint density at radius 2 is 0.736 bits per heavy atom. The summed E-state index contributed by atoms with van der Waals surface area (Å²) in [5.74, 6) is 0. The highest BCUT2D eigenvalue weighted by atomic mass is 15.4. The van der Waals surface area contributed by atoms with Crippen LogP contribution in [0.15, 0.2) is 206 Å². The maximum atomic E-state index is 2.51. The van der Waals surface area contributed by atoms with Crippen molar-refractivity contribution < 1.29 is 0 Å². The first-order valence-corrected chi connectivity index (χ1v) is 25.6. The standard InChI is InChI=1S/2C23H18N2.C20H18N2/c1-24-20-8-4-5-9-21(20)25-22-13-18-11-16-7-3-2-6-15(16)10-17(18)12-19(22)14-23(24)25;1-24-21-8-4-5-9-22(21)25-20-11-10-17-12-15-6-2-3-7-16(15)13-18(17)19(20)14-23(24)25;1-13-12-22-19-8-7-16-9-14-5-3-4-6-15(14)10-17(16)18(19)11-20(22)21(13)2/h2*2-13,23H,14H2,1H3;3-10,12,20H,11H2,1-2H3. The van der Waals surface area contributed by atoms with Crippen molar-refractivity contribution in [2.75, 3.05) is 45.6 Å². The maximum absolute atomic E-state index is 2.51. The van der Waals surface area contributed by atoms with Gasteiger partial charge in [-0.15, -0.1) is 0 Å². The van der Waals surface area contributed by atoms with Crippen molar-refractivity contribution in [3.8, 4) is 0 Å². The van der Waals surface area contributed by atoms with Crippen LogP contribution in [0.1, 0.15) is 23.6 Å². The summed E-state index contributed by atoms with van der Waals surface area (Å²) in [5.41, 5.74) is 15.2. The first-order chi connectivity index (χ1) is 35.3. The number of hydrogen-bond donors (Lipinski definition) is 0. The molecule has 6 heteroatoms. The van der Waals surface area contributed by atoms with E-state index in [0.29, 0.717) is 18.5 Å². The highest BCUT2D eigenvalue weighted by Gasteiger charge is 2.42. The fraction of sp³-hybridized carbons (Fsp3) is 0.152. The third kappa shape index (κ3) is 6.08. The molecule has 3 unspecified atom stereocenters. The number of para-hydroxylation sites is 4. The van der Waals surface area contributed by atoms with Crippen molar-refractivity contribution in [2.24, 2.45) is 0 Å². The average molecular weight is 931 g/mol. The predicted molar refractivity (Wildman–Crippen MR) is 305 cm³/mol. The molecule has 6 nitrogen and oxygen atoms in total. The van der Waals surface area contributed by atoms with E-state index in [1.54, 1.807) is 0 Å². The summed E-state index contributed by atoms with van der Waals surface area (Å²) in [7, 11) is 6.62. The molecule has 0 aliphatic carbocycles. The first kappa shape index (κ1) is 41.3. The fourth-order valence-corrected chi connectivity index (χ4v) is 13.2. The summed E-state index contributed by atoms with van der Waals surface area (Å²) in [5, 5.41) is 16.1. The summed E-state index contributed by atoms with van der Waals surface area (Å²) < 4.78 is 0. The molecule has 0 spiro atoms. The van der Waals surface area contributed by atoms with Gasteiger partial charge in [0.1, 0.15) is 18.5 Å². The maximum Gasteiger partial charge on any atom is 0.110 e. The Labute approximate surface area is 420 Å².